The molecule has 0 aliphatic heterocycles. The molecule has 0 heterocycles. The Morgan fingerprint density at radius 1 is 1.40 bits per heavy atom. The quantitative estimate of drug-likeness (QED) is 0.510. The summed E-state index contributed by atoms with van der Waals surface area (Å²) in [5.41, 5.74) is 0. The minimum Gasteiger partial charge on any atom is -0.512 e. The van der Waals surface area contributed by atoms with Crippen LogP contribution in [0.15, 0.2) is 11.8 Å². The molecule has 0 saturated carbocycles. The average molecular weight is 218 g/mol. The predicted molar refractivity (Wildman–Crippen MR) is 46.3 cm³/mol. The van der Waals surface area contributed by atoms with Gasteiger partial charge in [0.1, 0.15) is 0 Å². The maximum Gasteiger partial charge on any atom is 0.555 e. The second kappa shape index (κ2) is 3.35. The van der Waals surface area contributed by atoms with Gasteiger partial charge in [-0.05, 0) is 18.9 Å². The average Bonchev–Trinajstić information content (AvgIpc) is 2.12. The van der Waals surface area contributed by atoms with E-state index in [2.05, 4.69) is 0 Å². The Morgan fingerprint density at radius 2 is 2.10 bits per heavy atom. The van der Waals surface area contributed by atoms with Crippen LogP contribution in [0.1, 0.15) is 19.3 Å². The Labute approximate surface area is 75.1 Å². The standard InChI is InChI=1S/C5H7Cl3OSi/c6-10(7,8)9-5-3-1-2-4-5/h3H,1-2,4H2. The Hall–Kier alpha value is 0.627. The van der Waals surface area contributed by atoms with Gasteiger partial charge < -0.3 is 4.43 Å². The van der Waals surface area contributed by atoms with Gasteiger partial charge in [0, 0.05) is 6.42 Å². The summed E-state index contributed by atoms with van der Waals surface area (Å²) in [6, 6.07) is 0. The monoisotopic (exact) mass is 216 g/mol. The molecule has 5 heteroatoms. The second-order valence-corrected chi connectivity index (χ2v) is 9.74. The van der Waals surface area contributed by atoms with Crippen LogP contribution in [0.3, 0.4) is 0 Å². The van der Waals surface area contributed by atoms with E-state index >= 15 is 0 Å². The van der Waals surface area contributed by atoms with Crippen molar-refractivity contribution in [1.29, 1.82) is 0 Å². The third kappa shape index (κ3) is 3.15. The van der Waals surface area contributed by atoms with Crippen LogP contribution in [0.2, 0.25) is 0 Å². The Morgan fingerprint density at radius 3 is 2.50 bits per heavy atom. The van der Waals surface area contributed by atoms with Gasteiger partial charge in [-0.25, -0.2) is 0 Å². The minimum atomic E-state index is -2.87. The van der Waals surface area contributed by atoms with Crippen LogP contribution in [0.5, 0.6) is 0 Å². The van der Waals surface area contributed by atoms with Gasteiger partial charge in [-0.15, -0.1) is 0 Å². The van der Waals surface area contributed by atoms with Gasteiger partial charge >= 0.3 is 6.25 Å². The zero-order valence-electron chi connectivity index (χ0n) is 5.24. The van der Waals surface area contributed by atoms with Gasteiger partial charge in [-0.1, -0.05) is 33.2 Å². The molecule has 0 atom stereocenters. The first-order chi connectivity index (χ1) is 4.58. The maximum atomic E-state index is 5.52. The fourth-order valence-corrected chi connectivity index (χ4v) is 2.26. The lowest BCUT2D eigenvalue weighted by Gasteiger charge is -2.11. The first-order valence-electron chi connectivity index (χ1n) is 3.03. The zero-order valence-corrected chi connectivity index (χ0v) is 8.51. The smallest absolute Gasteiger partial charge is 0.512 e. The van der Waals surface area contributed by atoms with Crippen molar-refractivity contribution in [2.75, 3.05) is 0 Å². The van der Waals surface area contributed by atoms with Crippen LogP contribution in [0.25, 0.3) is 0 Å². The van der Waals surface area contributed by atoms with Gasteiger partial charge in [0.25, 0.3) is 0 Å². The summed E-state index contributed by atoms with van der Waals surface area (Å²) < 4.78 is 5.09. The van der Waals surface area contributed by atoms with E-state index in [1.54, 1.807) is 0 Å². The van der Waals surface area contributed by atoms with E-state index in [4.69, 9.17) is 37.7 Å². The summed E-state index contributed by atoms with van der Waals surface area (Å²) >= 11 is 16.6. The molecule has 0 saturated heterocycles. The Balaban J connectivity index is 2.38. The molecule has 0 aromatic rings. The predicted octanol–water partition coefficient (Wildman–Crippen LogP) is 3.22. The van der Waals surface area contributed by atoms with Gasteiger partial charge in [-0.3, -0.25) is 0 Å². The summed E-state index contributed by atoms with van der Waals surface area (Å²) in [5.74, 6) is 0.853. The third-order valence-electron chi connectivity index (χ3n) is 1.25. The van der Waals surface area contributed by atoms with Crippen LogP contribution >= 0.6 is 33.2 Å². The van der Waals surface area contributed by atoms with Crippen molar-refractivity contribution in [2.24, 2.45) is 0 Å². The molecule has 58 valence electrons. The lowest BCUT2D eigenvalue weighted by molar-refractivity contribution is 0.437. The van der Waals surface area contributed by atoms with Gasteiger partial charge in [0.2, 0.25) is 0 Å². The molecule has 1 aliphatic carbocycles. The van der Waals surface area contributed by atoms with Crippen LogP contribution < -0.4 is 0 Å². The first kappa shape index (κ1) is 8.72. The minimum absolute atomic E-state index is 0.853. The molecule has 0 N–H and O–H groups in total. The fraction of sp³-hybridized carbons (Fsp3) is 0.600. The number of rotatable bonds is 2. The van der Waals surface area contributed by atoms with E-state index in [0.717, 1.165) is 25.0 Å². The lowest BCUT2D eigenvalue weighted by atomic mass is 10.4. The lowest BCUT2D eigenvalue weighted by Crippen LogP contribution is -2.14. The van der Waals surface area contributed by atoms with Crippen molar-refractivity contribution in [1.82, 2.24) is 0 Å². The largest absolute Gasteiger partial charge is 0.555 e. The molecule has 0 spiro atoms. The molecule has 0 fully saturated rings. The summed E-state index contributed by atoms with van der Waals surface area (Å²) in [6.07, 6.45) is 2.19. The van der Waals surface area contributed by atoms with Gasteiger partial charge in [0.15, 0.2) is 0 Å². The zero-order chi connectivity index (χ0) is 7.61. The molecule has 0 bridgehead atoms. The molecule has 10 heavy (non-hydrogen) atoms. The number of hydrogen-bond acceptors (Lipinski definition) is 1. The Kier molecular flexibility index (Phi) is 2.92. The molecule has 0 radical (unpaired) electrons. The maximum absolute atomic E-state index is 5.52. The van der Waals surface area contributed by atoms with E-state index in [-0.39, 0.29) is 0 Å². The summed E-state index contributed by atoms with van der Waals surface area (Å²) in [5, 5.41) is 0. The highest BCUT2D eigenvalue weighted by molar-refractivity contribution is 7.62. The third-order valence-corrected chi connectivity index (χ3v) is 2.43. The molecular weight excluding hydrogens is 210 g/mol. The summed E-state index contributed by atoms with van der Waals surface area (Å²) in [4.78, 5) is 0. The normalized spacial score (nSPS) is 18.9. The van der Waals surface area contributed by atoms with Crippen molar-refractivity contribution in [3.63, 3.8) is 0 Å². The van der Waals surface area contributed by atoms with Crippen molar-refractivity contribution < 1.29 is 4.43 Å². The number of halogens is 3. The molecule has 0 aromatic carbocycles. The van der Waals surface area contributed by atoms with E-state index in [1.807, 2.05) is 6.08 Å². The molecule has 1 rings (SSSR count). The SMILES string of the molecule is Cl[Si](Cl)(Cl)OC1=CCCC1. The second-order valence-electron chi connectivity index (χ2n) is 2.11. The van der Waals surface area contributed by atoms with E-state index in [1.165, 1.54) is 0 Å². The summed E-state index contributed by atoms with van der Waals surface area (Å²) in [7, 11) is 0. The highest BCUT2D eigenvalue weighted by Gasteiger charge is 2.31. The van der Waals surface area contributed by atoms with E-state index < -0.39 is 6.25 Å². The summed E-state index contributed by atoms with van der Waals surface area (Å²) in [6.45, 7) is 0. The van der Waals surface area contributed by atoms with Crippen LogP contribution in [0.4, 0.5) is 0 Å². The van der Waals surface area contributed by atoms with Crippen molar-refractivity contribution in [2.45, 2.75) is 19.3 Å². The highest BCUT2D eigenvalue weighted by Crippen LogP contribution is 2.29. The first-order valence-corrected chi connectivity index (χ1v) is 7.97. The van der Waals surface area contributed by atoms with Crippen LogP contribution in [-0.2, 0) is 4.43 Å². The van der Waals surface area contributed by atoms with Crippen LogP contribution in [0, 0.1) is 0 Å². The van der Waals surface area contributed by atoms with E-state index in [0.29, 0.717) is 0 Å². The molecule has 1 nitrogen and oxygen atoms in total. The Bertz CT molecular complexity index is 151. The molecular formula is C5H7Cl3OSi. The highest BCUT2D eigenvalue weighted by atomic mass is 35.8. The fourth-order valence-electron chi connectivity index (χ4n) is 0.883. The van der Waals surface area contributed by atoms with Gasteiger partial charge in [-0.2, -0.15) is 0 Å². The van der Waals surface area contributed by atoms with Crippen molar-refractivity contribution in [3.8, 4) is 0 Å². The van der Waals surface area contributed by atoms with Crippen LogP contribution in [-0.4, -0.2) is 6.25 Å². The molecule has 0 unspecified atom stereocenters. The van der Waals surface area contributed by atoms with Crippen molar-refractivity contribution in [3.05, 3.63) is 11.8 Å². The number of hydrogen-bond donors (Lipinski definition) is 0. The van der Waals surface area contributed by atoms with Crippen molar-refractivity contribution >= 4 is 39.5 Å². The number of allylic oxidation sites excluding steroid dienone is 2. The topological polar surface area (TPSA) is 9.23 Å². The van der Waals surface area contributed by atoms with Gasteiger partial charge in [0.05, 0.1) is 5.76 Å². The molecule has 1 aliphatic rings. The van der Waals surface area contributed by atoms with E-state index in [9.17, 15) is 0 Å². The molecule has 0 aromatic heterocycles. The molecule has 0 amide bonds.